The lowest BCUT2D eigenvalue weighted by Gasteiger charge is -2.26. The molecule has 0 aliphatic carbocycles. The number of fused-ring (bicyclic) bond motifs is 1. The maximum Gasteiger partial charge on any atom is 0.266 e. The second-order valence-electron chi connectivity index (χ2n) is 7.46. The predicted molar refractivity (Wildman–Crippen MR) is 123 cm³/mol. The van der Waals surface area contributed by atoms with Crippen molar-refractivity contribution in [3.63, 3.8) is 0 Å². The van der Waals surface area contributed by atoms with Gasteiger partial charge in [0.05, 0.1) is 17.4 Å². The van der Waals surface area contributed by atoms with Gasteiger partial charge in [0.2, 0.25) is 5.91 Å². The number of hydroxylamine groups is 1. The third-order valence-electron chi connectivity index (χ3n) is 5.54. The van der Waals surface area contributed by atoms with E-state index in [9.17, 15) is 9.59 Å². The van der Waals surface area contributed by atoms with Crippen LogP contribution >= 0.6 is 15.9 Å². The van der Waals surface area contributed by atoms with E-state index >= 15 is 0 Å². The van der Waals surface area contributed by atoms with E-state index in [1.807, 2.05) is 84.9 Å². The number of amides is 2. The molecule has 5 rings (SSSR count). The zero-order valence-corrected chi connectivity index (χ0v) is 18.1. The van der Waals surface area contributed by atoms with Crippen LogP contribution in [0.2, 0.25) is 0 Å². The van der Waals surface area contributed by atoms with Crippen LogP contribution in [-0.2, 0) is 14.4 Å². The highest BCUT2D eigenvalue weighted by molar-refractivity contribution is 9.10. The lowest BCUT2D eigenvalue weighted by atomic mass is 9.95. The van der Waals surface area contributed by atoms with E-state index in [1.165, 1.54) is 4.90 Å². The van der Waals surface area contributed by atoms with Gasteiger partial charge in [-0.3, -0.25) is 14.4 Å². The van der Waals surface area contributed by atoms with Crippen LogP contribution in [0.3, 0.4) is 0 Å². The van der Waals surface area contributed by atoms with Crippen LogP contribution in [0.1, 0.15) is 5.56 Å². The van der Waals surface area contributed by atoms with Gasteiger partial charge in [0.25, 0.3) is 5.91 Å². The van der Waals surface area contributed by atoms with Crippen LogP contribution in [0.5, 0.6) is 0 Å². The van der Waals surface area contributed by atoms with Gasteiger partial charge in [0.1, 0.15) is 5.92 Å². The fraction of sp³-hybridized carbons (Fsp3) is 0.120. The molecule has 5 nitrogen and oxygen atoms in total. The molecule has 0 aromatic heterocycles. The normalized spacial score (nSPS) is 23.1. The minimum absolute atomic E-state index is 0.251. The smallest absolute Gasteiger partial charge is 0.266 e. The molecular weight excluding hydrogens is 456 g/mol. The van der Waals surface area contributed by atoms with Gasteiger partial charge in [-0.1, -0.05) is 76.6 Å². The summed E-state index contributed by atoms with van der Waals surface area (Å²) in [6.07, 6.45) is 3.05. The Morgan fingerprint density at radius 1 is 0.774 bits per heavy atom. The Labute approximate surface area is 188 Å². The Bertz CT molecular complexity index is 1130. The number of halogens is 1. The van der Waals surface area contributed by atoms with Crippen LogP contribution in [0.4, 0.5) is 11.4 Å². The van der Waals surface area contributed by atoms with Gasteiger partial charge >= 0.3 is 0 Å². The monoisotopic (exact) mass is 474 g/mol. The maximum absolute atomic E-state index is 13.4. The molecule has 3 atom stereocenters. The van der Waals surface area contributed by atoms with Crippen molar-refractivity contribution in [3.05, 3.63) is 101 Å². The quantitative estimate of drug-likeness (QED) is 0.507. The molecule has 2 heterocycles. The molecule has 0 N–H and O–H groups in total. The molecule has 154 valence electrons. The number of benzene rings is 3. The van der Waals surface area contributed by atoms with Gasteiger partial charge in [-0.2, -0.15) is 0 Å². The molecule has 31 heavy (non-hydrogen) atoms. The Morgan fingerprint density at radius 2 is 1.42 bits per heavy atom. The van der Waals surface area contributed by atoms with Crippen LogP contribution in [0.25, 0.3) is 6.08 Å². The summed E-state index contributed by atoms with van der Waals surface area (Å²) in [7, 11) is 0. The van der Waals surface area contributed by atoms with Crippen molar-refractivity contribution in [1.29, 1.82) is 0 Å². The van der Waals surface area contributed by atoms with Gasteiger partial charge in [-0.05, 0) is 42.0 Å². The highest BCUT2D eigenvalue weighted by Gasteiger charge is 2.59. The first-order chi connectivity index (χ1) is 15.1. The van der Waals surface area contributed by atoms with Gasteiger partial charge in [0, 0.05) is 4.47 Å². The predicted octanol–water partition coefficient (Wildman–Crippen LogP) is 4.84. The number of carbonyl (C=O) groups is 2. The van der Waals surface area contributed by atoms with Crippen LogP contribution in [0.15, 0.2) is 95.5 Å². The minimum atomic E-state index is -0.859. The van der Waals surface area contributed by atoms with Crippen molar-refractivity contribution in [3.8, 4) is 0 Å². The van der Waals surface area contributed by atoms with Gasteiger partial charge < -0.3 is 0 Å². The van der Waals surface area contributed by atoms with Crippen LogP contribution < -0.4 is 9.96 Å². The van der Waals surface area contributed by atoms with Gasteiger partial charge in [0.15, 0.2) is 6.10 Å². The Morgan fingerprint density at radius 3 is 2.10 bits per heavy atom. The largest absolute Gasteiger partial charge is 0.273 e. The number of imide groups is 1. The number of nitrogens with zero attached hydrogens (tertiary/aromatic N) is 2. The minimum Gasteiger partial charge on any atom is -0.273 e. The number of carbonyl (C=O) groups excluding carboxylic acids is 2. The Balaban J connectivity index is 1.52. The lowest BCUT2D eigenvalue weighted by molar-refractivity contribution is -0.126. The lowest BCUT2D eigenvalue weighted by Crippen LogP contribution is -2.39. The van der Waals surface area contributed by atoms with E-state index in [0.29, 0.717) is 5.69 Å². The molecule has 0 saturated carbocycles. The zero-order chi connectivity index (χ0) is 21.4. The molecule has 2 saturated heterocycles. The fourth-order valence-corrected chi connectivity index (χ4v) is 4.33. The Kier molecular flexibility index (Phi) is 5.18. The average molecular weight is 475 g/mol. The van der Waals surface area contributed by atoms with E-state index < -0.39 is 18.1 Å². The number of rotatable bonds is 4. The summed E-state index contributed by atoms with van der Waals surface area (Å²) in [5.41, 5.74) is 2.36. The van der Waals surface area contributed by atoms with E-state index in [-0.39, 0.29) is 11.8 Å². The third-order valence-corrected chi connectivity index (χ3v) is 6.07. The molecule has 2 amide bonds. The molecule has 2 aliphatic heterocycles. The molecule has 6 heteroatoms. The summed E-state index contributed by atoms with van der Waals surface area (Å²) < 4.78 is 0.880. The first kappa shape index (κ1) is 19.7. The summed E-state index contributed by atoms with van der Waals surface area (Å²) in [6, 6.07) is 26.1. The molecule has 3 aromatic rings. The molecule has 2 fully saturated rings. The SMILES string of the molecule is O=C1[C@H]2[C@@H](/C=C\c3ccccc3)N(c3ccccc3)O[C@H]2C(=O)N1c1ccc(Br)cc1. The summed E-state index contributed by atoms with van der Waals surface area (Å²) in [5, 5.41) is 1.68. The number of hydrogen-bond acceptors (Lipinski definition) is 4. The summed E-state index contributed by atoms with van der Waals surface area (Å²) in [6.45, 7) is 0. The standard InChI is InChI=1S/C25H19BrN2O3/c26-18-12-14-19(15-13-18)27-24(29)22-21(16-11-17-7-3-1-4-8-17)28(31-23(22)25(27)30)20-9-5-2-6-10-20/h1-16,21-23H/b16-11-/t21-,22+,23-/m1/s1. The molecule has 0 spiro atoms. The topological polar surface area (TPSA) is 49.9 Å². The summed E-state index contributed by atoms with van der Waals surface area (Å²) in [5.74, 6) is -1.22. The first-order valence-electron chi connectivity index (χ1n) is 10.0. The van der Waals surface area contributed by atoms with Crippen molar-refractivity contribution < 1.29 is 14.4 Å². The summed E-state index contributed by atoms with van der Waals surface area (Å²) in [4.78, 5) is 34.0. The van der Waals surface area contributed by atoms with E-state index in [0.717, 1.165) is 15.7 Å². The second kappa shape index (κ2) is 8.13. The number of para-hydroxylation sites is 1. The van der Waals surface area contributed by atoms with Crippen LogP contribution in [0, 0.1) is 5.92 Å². The molecule has 0 bridgehead atoms. The molecule has 0 radical (unpaired) electrons. The van der Waals surface area contributed by atoms with E-state index in [4.69, 9.17) is 4.84 Å². The van der Waals surface area contributed by atoms with Crippen molar-refractivity contribution in [2.24, 2.45) is 5.92 Å². The van der Waals surface area contributed by atoms with Crippen LogP contribution in [-0.4, -0.2) is 24.0 Å². The Hall–Kier alpha value is -3.22. The third kappa shape index (κ3) is 3.58. The molecule has 3 aromatic carbocycles. The molecule has 2 aliphatic rings. The average Bonchev–Trinajstić information content (AvgIpc) is 3.30. The van der Waals surface area contributed by atoms with Gasteiger partial charge in [-0.15, -0.1) is 0 Å². The van der Waals surface area contributed by atoms with Crippen molar-refractivity contribution >= 4 is 45.2 Å². The zero-order valence-electron chi connectivity index (χ0n) is 16.5. The van der Waals surface area contributed by atoms with Crippen molar-refractivity contribution in [1.82, 2.24) is 0 Å². The van der Waals surface area contributed by atoms with E-state index in [1.54, 1.807) is 17.2 Å². The number of anilines is 2. The highest BCUT2D eigenvalue weighted by atomic mass is 79.9. The second-order valence-corrected chi connectivity index (χ2v) is 8.38. The molecular formula is C25H19BrN2O3. The summed E-state index contributed by atoms with van der Waals surface area (Å²) >= 11 is 3.39. The van der Waals surface area contributed by atoms with E-state index in [2.05, 4.69) is 15.9 Å². The van der Waals surface area contributed by atoms with Crippen molar-refractivity contribution in [2.45, 2.75) is 12.1 Å². The maximum atomic E-state index is 13.4. The fourth-order valence-electron chi connectivity index (χ4n) is 4.07. The van der Waals surface area contributed by atoms with Gasteiger partial charge in [-0.25, -0.2) is 9.96 Å². The van der Waals surface area contributed by atoms with Crippen molar-refractivity contribution in [2.75, 3.05) is 9.96 Å². The number of hydrogen-bond donors (Lipinski definition) is 0. The molecule has 0 unspecified atom stereocenters. The first-order valence-corrected chi connectivity index (χ1v) is 10.8. The highest BCUT2D eigenvalue weighted by Crippen LogP contribution is 2.41.